The smallest absolute Gasteiger partial charge is 0.279 e. The fourth-order valence-electron chi connectivity index (χ4n) is 1.90. The molecule has 2 aromatic rings. The first-order valence-corrected chi connectivity index (χ1v) is 8.57. The molecule has 0 atom stereocenters. The molecule has 0 fully saturated rings. The Hall–Kier alpha value is -2.54. The van der Waals surface area contributed by atoms with Crippen LogP contribution in [-0.4, -0.2) is 25.0 Å². The molecule has 6 nitrogen and oxygen atoms in total. The van der Waals surface area contributed by atoms with Crippen LogP contribution in [0.3, 0.4) is 0 Å². The van der Waals surface area contributed by atoms with Gasteiger partial charge in [-0.15, -0.1) is 11.3 Å². The predicted molar refractivity (Wildman–Crippen MR) is 92.6 cm³/mol. The molecule has 1 aromatic carbocycles. The van der Waals surface area contributed by atoms with Gasteiger partial charge in [0, 0.05) is 5.56 Å². The van der Waals surface area contributed by atoms with Crippen LogP contribution in [0.5, 0.6) is 11.5 Å². The highest BCUT2D eigenvalue weighted by Crippen LogP contribution is 2.28. The van der Waals surface area contributed by atoms with Gasteiger partial charge in [0.05, 0.1) is 18.1 Å². The van der Waals surface area contributed by atoms with Crippen molar-refractivity contribution in [2.45, 2.75) is 20.3 Å². The highest BCUT2D eigenvalue weighted by Gasteiger charge is 2.13. The van der Waals surface area contributed by atoms with Gasteiger partial charge < -0.3 is 9.47 Å². The van der Waals surface area contributed by atoms with Crippen molar-refractivity contribution in [1.29, 1.82) is 0 Å². The van der Waals surface area contributed by atoms with Crippen LogP contribution in [0, 0.1) is 0 Å². The number of ether oxygens (including phenoxy) is 2. The number of thiophene rings is 1. The van der Waals surface area contributed by atoms with E-state index >= 15 is 0 Å². The van der Waals surface area contributed by atoms with E-state index in [0.29, 0.717) is 35.2 Å². The van der Waals surface area contributed by atoms with Crippen LogP contribution in [0.1, 0.15) is 40.3 Å². The lowest BCUT2D eigenvalue weighted by Crippen LogP contribution is -2.41. The summed E-state index contributed by atoms with van der Waals surface area (Å²) >= 11 is 1.30. The second-order valence-electron chi connectivity index (χ2n) is 4.83. The van der Waals surface area contributed by atoms with Gasteiger partial charge in [-0.2, -0.15) is 0 Å². The maximum Gasteiger partial charge on any atom is 0.279 e. The first-order valence-electron chi connectivity index (χ1n) is 7.69. The molecule has 128 valence electrons. The average molecular weight is 348 g/mol. The molecule has 2 amide bonds. The number of carbonyl (C=O) groups is 2. The van der Waals surface area contributed by atoms with Crippen LogP contribution in [0.2, 0.25) is 0 Å². The summed E-state index contributed by atoms with van der Waals surface area (Å²) in [6.45, 7) is 4.90. The quantitative estimate of drug-likeness (QED) is 0.754. The van der Waals surface area contributed by atoms with Gasteiger partial charge in [-0.05, 0) is 43.0 Å². The molecule has 0 aliphatic carbocycles. The van der Waals surface area contributed by atoms with Crippen LogP contribution < -0.4 is 20.3 Å². The van der Waals surface area contributed by atoms with E-state index in [-0.39, 0.29) is 5.91 Å². The molecule has 0 aliphatic rings. The van der Waals surface area contributed by atoms with E-state index in [2.05, 4.69) is 10.9 Å². The van der Waals surface area contributed by atoms with Crippen molar-refractivity contribution in [3.63, 3.8) is 0 Å². The molecular weight excluding hydrogens is 328 g/mol. The Bertz CT molecular complexity index is 686. The number of amides is 2. The number of hydrogen-bond donors (Lipinski definition) is 2. The normalized spacial score (nSPS) is 10.1. The Morgan fingerprint density at radius 1 is 1.04 bits per heavy atom. The van der Waals surface area contributed by atoms with Gasteiger partial charge in [-0.3, -0.25) is 20.4 Å². The van der Waals surface area contributed by atoms with Crippen molar-refractivity contribution in [2.24, 2.45) is 0 Å². The van der Waals surface area contributed by atoms with Crippen LogP contribution in [0.15, 0.2) is 35.7 Å². The van der Waals surface area contributed by atoms with Gasteiger partial charge >= 0.3 is 0 Å². The van der Waals surface area contributed by atoms with Gasteiger partial charge in [0.25, 0.3) is 11.8 Å². The largest absolute Gasteiger partial charge is 0.490 e. The number of hydrazine groups is 1. The SMILES string of the molecule is CCCOc1ccc(C(=O)NNC(=O)c2cccs2)cc1OCC. The van der Waals surface area contributed by atoms with E-state index in [1.807, 2.05) is 13.8 Å². The second kappa shape index (κ2) is 8.93. The van der Waals surface area contributed by atoms with Gasteiger partial charge in [-0.25, -0.2) is 0 Å². The fourth-order valence-corrected chi connectivity index (χ4v) is 2.52. The summed E-state index contributed by atoms with van der Waals surface area (Å²) in [5.74, 6) is 0.315. The molecule has 0 saturated heterocycles. The maximum absolute atomic E-state index is 12.2. The van der Waals surface area contributed by atoms with E-state index < -0.39 is 5.91 Å². The Kier molecular flexibility index (Phi) is 6.62. The van der Waals surface area contributed by atoms with Crippen molar-refractivity contribution in [1.82, 2.24) is 10.9 Å². The highest BCUT2D eigenvalue weighted by molar-refractivity contribution is 7.12. The summed E-state index contributed by atoms with van der Waals surface area (Å²) in [4.78, 5) is 24.5. The lowest BCUT2D eigenvalue weighted by atomic mass is 10.2. The molecule has 1 heterocycles. The molecular formula is C17H20N2O4S. The highest BCUT2D eigenvalue weighted by atomic mass is 32.1. The molecule has 0 saturated carbocycles. The summed E-state index contributed by atoms with van der Waals surface area (Å²) in [6.07, 6.45) is 0.878. The Balaban J connectivity index is 2.03. The summed E-state index contributed by atoms with van der Waals surface area (Å²) < 4.78 is 11.1. The Morgan fingerprint density at radius 2 is 1.83 bits per heavy atom. The summed E-state index contributed by atoms with van der Waals surface area (Å²) in [5, 5.41) is 1.79. The summed E-state index contributed by atoms with van der Waals surface area (Å²) in [6, 6.07) is 8.36. The Labute approximate surface area is 144 Å². The molecule has 2 N–H and O–H groups in total. The summed E-state index contributed by atoms with van der Waals surface area (Å²) in [5.41, 5.74) is 5.14. The number of hydrogen-bond acceptors (Lipinski definition) is 5. The first-order chi connectivity index (χ1) is 11.7. The van der Waals surface area contributed by atoms with Crippen LogP contribution in [0.25, 0.3) is 0 Å². The van der Waals surface area contributed by atoms with Crippen LogP contribution in [-0.2, 0) is 0 Å². The zero-order valence-corrected chi connectivity index (χ0v) is 14.4. The van der Waals surface area contributed by atoms with Crippen LogP contribution >= 0.6 is 11.3 Å². The number of carbonyl (C=O) groups excluding carboxylic acids is 2. The topological polar surface area (TPSA) is 76.7 Å². The zero-order valence-electron chi connectivity index (χ0n) is 13.6. The maximum atomic E-state index is 12.2. The number of benzene rings is 1. The second-order valence-corrected chi connectivity index (χ2v) is 5.78. The Morgan fingerprint density at radius 3 is 2.50 bits per heavy atom. The third-order valence-electron chi connectivity index (χ3n) is 3.00. The van der Waals surface area contributed by atoms with Crippen molar-refractivity contribution >= 4 is 23.2 Å². The monoisotopic (exact) mass is 348 g/mol. The van der Waals surface area contributed by atoms with Crippen LogP contribution in [0.4, 0.5) is 0 Å². The molecule has 0 unspecified atom stereocenters. The number of nitrogens with one attached hydrogen (secondary N) is 2. The molecule has 7 heteroatoms. The van der Waals surface area contributed by atoms with Gasteiger partial charge in [0.15, 0.2) is 11.5 Å². The minimum absolute atomic E-state index is 0.355. The van der Waals surface area contributed by atoms with E-state index in [0.717, 1.165) is 6.42 Å². The minimum atomic E-state index is -0.428. The summed E-state index contributed by atoms with van der Waals surface area (Å²) in [7, 11) is 0. The lowest BCUT2D eigenvalue weighted by molar-refractivity contribution is 0.0848. The molecule has 0 aliphatic heterocycles. The van der Waals surface area contributed by atoms with Crippen molar-refractivity contribution in [3.8, 4) is 11.5 Å². The molecule has 0 spiro atoms. The molecule has 0 bridgehead atoms. The van der Waals surface area contributed by atoms with Crippen molar-refractivity contribution in [3.05, 3.63) is 46.2 Å². The fraction of sp³-hybridized carbons (Fsp3) is 0.294. The zero-order chi connectivity index (χ0) is 17.4. The molecule has 1 aromatic heterocycles. The van der Waals surface area contributed by atoms with Gasteiger partial charge in [0.1, 0.15) is 0 Å². The predicted octanol–water partition coefficient (Wildman–Crippen LogP) is 3.01. The first kappa shape index (κ1) is 17.8. The van der Waals surface area contributed by atoms with Crippen molar-refractivity contribution in [2.75, 3.05) is 13.2 Å². The number of rotatable bonds is 7. The van der Waals surface area contributed by atoms with E-state index in [4.69, 9.17) is 9.47 Å². The molecule has 24 heavy (non-hydrogen) atoms. The van der Waals surface area contributed by atoms with E-state index in [9.17, 15) is 9.59 Å². The average Bonchev–Trinajstić information content (AvgIpc) is 3.13. The third-order valence-corrected chi connectivity index (χ3v) is 3.87. The third kappa shape index (κ3) is 4.73. The minimum Gasteiger partial charge on any atom is -0.490 e. The van der Waals surface area contributed by atoms with Gasteiger partial charge in [0.2, 0.25) is 0 Å². The van der Waals surface area contributed by atoms with E-state index in [1.165, 1.54) is 11.3 Å². The van der Waals surface area contributed by atoms with E-state index in [1.54, 1.807) is 35.7 Å². The lowest BCUT2D eigenvalue weighted by Gasteiger charge is -2.13. The standard InChI is InChI=1S/C17H20N2O4S/c1-3-9-23-13-8-7-12(11-14(13)22-4-2)16(20)18-19-17(21)15-6-5-10-24-15/h5-8,10-11H,3-4,9H2,1-2H3,(H,18,20)(H,19,21). The molecule has 2 rings (SSSR count). The van der Waals surface area contributed by atoms with Crippen molar-refractivity contribution < 1.29 is 19.1 Å². The molecule has 0 radical (unpaired) electrons. The van der Waals surface area contributed by atoms with Gasteiger partial charge in [-0.1, -0.05) is 13.0 Å².